The number of carbonyl (C=O) groups excluding carboxylic acids is 1. The number of amides is 1. The quantitative estimate of drug-likeness (QED) is 0.895. The molecule has 2 N–H and O–H groups in total. The van der Waals surface area contributed by atoms with Crippen LogP contribution in [0.15, 0.2) is 18.2 Å². The largest absolute Gasteiger partial charge is 0.444 e. The fourth-order valence-corrected chi connectivity index (χ4v) is 1.94. The summed E-state index contributed by atoms with van der Waals surface area (Å²) in [5.41, 5.74) is 0.603. The van der Waals surface area contributed by atoms with E-state index in [-0.39, 0.29) is 6.61 Å². The first-order valence-corrected chi connectivity index (χ1v) is 6.92. The Morgan fingerprint density at radius 3 is 2.67 bits per heavy atom. The highest BCUT2D eigenvalue weighted by Gasteiger charge is 2.20. The first-order valence-electron chi connectivity index (χ1n) is 6.54. The van der Waals surface area contributed by atoms with Crippen molar-refractivity contribution >= 4 is 17.7 Å². The number of rotatable bonds is 4. The molecule has 0 fully saturated rings. The molecule has 114 valence electrons. The summed E-state index contributed by atoms with van der Waals surface area (Å²) in [5, 5.41) is 21.2. The second kappa shape index (κ2) is 7.30. The average Bonchev–Trinajstić information content (AvgIpc) is 2.37. The zero-order valence-corrected chi connectivity index (χ0v) is 13.1. The maximum Gasteiger partial charge on any atom is 0.407 e. The molecular weight excluding hydrogens is 292 g/mol. The van der Waals surface area contributed by atoms with Crippen molar-refractivity contribution in [3.63, 3.8) is 0 Å². The molecular formula is C15H19ClN2O3. The second-order valence-corrected chi connectivity index (χ2v) is 6.06. The molecule has 0 unspecified atom stereocenters. The molecule has 21 heavy (non-hydrogen) atoms. The van der Waals surface area contributed by atoms with Gasteiger partial charge in [-0.05, 0) is 44.9 Å². The molecule has 1 amide bonds. The zero-order valence-electron chi connectivity index (χ0n) is 12.3. The van der Waals surface area contributed by atoms with Gasteiger partial charge in [-0.2, -0.15) is 5.26 Å². The van der Waals surface area contributed by atoms with Crippen LogP contribution in [0.25, 0.3) is 0 Å². The highest BCUT2D eigenvalue weighted by atomic mass is 35.5. The van der Waals surface area contributed by atoms with E-state index in [4.69, 9.17) is 21.6 Å². The lowest BCUT2D eigenvalue weighted by Gasteiger charge is -2.23. The van der Waals surface area contributed by atoms with Crippen LogP contribution in [0.1, 0.15) is 31.9 Å². The van der Waals surface area contributed by atoms with Gasteiger partial charge in [0.2, 0.25) is 0 Å². The minimum Gasteiger partial charge on any atom is -0.444 e. The van der Waals surface area contributed by atoms with Crippen LogP contribution in [0.2, 0.25) is 5.02 Å². The van der Waals surface area contributed by atoms with Gasteiger partial charge in [-0.15, -0.1) is 0 Å². The van der Waals surface area contributed by atoms with Crippen LogP contribution in [-0.4, -0.2) is 29.4 Å². The summed E-state index contributed by atoms with van der Waals surface area (Å²) in [6, 6.07) is 6.39. The van der Waals surface area contributed by atoms with Crippen LogP contribution in [0.4, 0.5) is 4.79 Å². The number of aliphatic hydroxyl groups excluding tert-OH is 1. The lowest BCUT2D eigenvalue weighted by molar-refractivity contribution is 0.0483. The Labute approximate surface area is 129 Å². The minimum atomic E-state index is -0.601. The molecule has 0 aromatic heterocycles. The van der Waals surface area contributed by atoms with Crippen LogP contribution in [0, 0.1) is 11.3 Å². The summed E-state index contributed by atoms with van der Waals surface area (Å²) < 4.78 is 5.14. The Bertz CT molecular complexity index is 547. The van der Waals surface area contributed by atoms with Crippen LogP contribution in [-0.2, 0) is 11.2 Å². The van der Waals surface area contributed by atoms with Crippen molar-refractivity contribution in [2.45, 2.75) is 38.8 Å². The van der Waals surface area contributed by atoms with E-state index in [0.29, 0.717) is 17.0 Å². The van der Waals surface area contributed by atoms with Crippen LogP contribution in [0.5, 0.6) is 0 Å². The Morgan fingerprint density at radius 1 is 1.52 bits per heavy atom. The van der Waals surface area contributed by atoms with Crippen molar-refractivity contribution in [2.75, 3.05) is 6.61 Å². The number of nitriles is 1. The number of aliphatic hydroxyl groups is 1. The Hall–Kier alpha value is -1.77. The van der Waals surface area contributed by atoms with Crippen LogP contribution >= 0.6 is 11.6 Å². The lowest BCUT2D eigenvalue weighted by atomic mass is 10.0. The van der Waals surface area contributed by atoms with Gasteiger partial charge in [-0.1, -0.05) is 17.7 Å². The molecule has 1 atom stereocenters. The maximum atomic E-state index is 11.7. The smallest absolute Gasteiger partial charge is 0.407 e. The topological polar surface area (TPSA) is 82.3 Å². The third-order valence-corrected chi connectivity index (χ3v) is 2.94. The molecule has 0 aliphatic heterocycles. The summed E-state index contributed by atoms with van der Waals surface area (Å²) in [7, 11) is 0. The highest BCUT2D eigenvalue weighted by Crippen LogP contribution is 2.19. The number of benzene rings is 1. The molecule has 1 rings (SSSR count). The summed E-state index contributed by atoms with van der Waals surface area (Å²) in [4.78, 5) is 11.7. The zero-order chi connectivity index (χ0) is 16.0. The van der Waals surface area contributed by atoms with E-state index in [1.54, 1.807) is 39.0 Å². The number of hydrogen-bond donors (Lipinski definition) is 2. The van der Waals surface area contributed by atoms with Crippen molar-refractivity contribution in [2.24, 2.45) is 0 Å². The number of nitrogens with zero attached hydrogens (tertiary/aromatic N) is 1. The lowest BCUT2D eigenvalue weighted by Crippen LogP contribution is -2.42. The number of alkyl carbamates (subject to hydrolysis) is 1. The molecule has 0 heterocycles. The van der Waals surface area contributed by atoms with Gasteiger partial charge in [-0.25, -0.2) is 4.79 Å². The van der Waals surface area contributed by atoms with E-state index in [0.717, 1.165) is 5.56 Å². The molecule has 0 saturated heterocycles. The van der Waals surface area contributed by atoms with Gasteiger partial charge >= 0.3 is 6.09 Å². The number of halogens is 1. The van der Waals surface area contributed by atoms with E-state index in [1.165, 1.54) is 0 Å². The van der Waals surface area contributed by atoms with Crippen LogP contribution < -0.4 is 5.32 Å². The predicted molar refractivity (Wildman–Crippen MR) is 80.1 cm³/mol. The van der Waals surface area contributed by atoms with E-state index >= 15 is 0 Å². The van der Waals surface area contributed by atoms with Crippen molar-refractivity contribution < 1.29 is 14.6 Å². The Morgan fingerprint density at radius 2 is 2.19 bits per heavy atom. The fraction of sp³-hybridized carbons (Fsp3) is 0.467. The molecule has 1 aromatic rings. The fourth-order valence-electron chi connectivity index (χ4n) is 1.68. The standard InChI is InChI=1S/C15H19ClN2O3/c1-15(2,3)21-14(20)18-12(9-19)7-11-5-4-10(8-17)6-13(11)16/h4-6,12,19H,7,9H2,1-3H3,(H,18,20)/t12-/m0/s1. The monoisotopic (exact) mass is 310 g/mol. The van der Waals surface area contributed by atoms with E-state index in [1.807, 2.05) is 6.07 Å². The first kappa shape index (κ1) is 17.3. The first-order chi connectivity index (χ1) is 9.75. The molecule has 0 radical (unpaired) electrons. The number of ether oxygens (including phenoxy) is 1. The van der Waals surface area contributed by atoms with Crippen molar-refractivity contribution in [3.05, 3.63) is 34.3 Å². The van der Waals surface area contributed by atoms with Crippen molar-refractivity contribution in [3.8, 4) is 6.07 Å². The summed E-state index contributed by atoms with van der Waals surface area (Å²) in [6.07, 6.45) is -0.244. The number of hydrogen-bond acceptors (Lipinski definition) is 4. The van der Waals surface area contributed by atoms with E-state index < -0.39 is 17.7 Å². The molecule has 0 bridgehead atoms. The maximum absolute atomic E-state index is 11.7. The van der Waals surface area contributed by atoms with Gasteiger partial charge in [0.25, 0.3) is 0 Å². The summed E-state index contributed by atoms with van der Waals surface area (Å²) >= 11 is 6.08. The second-order valence-electron chi connectivity index (χ2n) is 5.65. The summed E-state index contributed by atoms with van der Waals surface area (Å²) in [6.45, 7) is 5.05. The van der Waals surface area contributed by atoms with Gasteiger partial charge in [0.05, 0.1) is 24.3 Å². The van der Waals surface area contributed by atoms with Crippen molar-refractivity contribution in [1.82, 2.24) is 5.32 Å². The number of carbonyl (C=O) groups is 1. The molecule has 0 saturated carbocycles. The SMILES string of the molecule is CC(C)(C)OC(=O)N[C@H](CO)Cc1ccc(C#N)cc1Cl. The van der Waals surface area contributed by atoms with Gasteiger partial charge in [0.15, 0.2) is 0 Å². The normalized spacial score (nSPS) is 12.4. The van der Waals surface area contributed by atoms with Gasteiger partial charge < -0.3 is 15.2 Å². The average molecular weight is 311 g/mol. The molecule has 5 nitrogen and oxygen atoms in total. The van der Waals surface area contributed by atoms with E-state index in [2.05, 4.69) is 5.32 Å². The Kier molecular flexibility index (Phi) is 6.01. The third kappa shape index (κ3) is 6.03. The van der Waals surface area contributed by atoms with Gasteiger partial charge in [0.1, 0.15) is 5.60 Å². The molecule has 0 aliphatic rings. The highest BCUT2D eigenvalue weighted by molar-refractivity contribution is 6.31. The van der Waals surface area contributed by atoms with E-state index in [9.17, 15) is 9.90 Å². The van der Waals surface area contributed by atoms with Crippen LogP contribution in [0.3, 0.4) is 0 Å². The molecule has 1 aromatic carbocycles. The Balaban J connectivity index is 2.70. The summed E-state index contributed by atoms with van der Waals surface area (Å²) in [5.74, 6) is 0. The van der Waals surface area contributed by atoms with Crippen molar-refractivity contribution in [1.29, 1.82) is 5.26 Å². The number of nitrogens with one attached hydrogen (secondary N) is 1. The third-order valence-electron chi connectivity index (χ3n) is 2.59. The molecule has 6 heteroatoms. The predicted octanol–water partition coefficient (Wildman–Crippen LogP) is 2.64. The minimum absolute atomic E-state index is 0.241. The van der Waals surface area contributed by atoms with Gasteiger partial charge in [0, 0.05) is 5.02 Å². The van der Waals surface area contributed by atoms with Gasteiger partial charge in [-0.3, -0.25) is 0 Å². The molecule has 0 aliphatic carbocycles. The molecule has 0 spiro atoms.